The third-order valence-electron chi connectivity index (χ3n) is 5.84. The standard InChI is InChI=1S/C16HF34O4P.C3H7O.Ti/c17-1(18,5(25,26)9(33,34)13(41,42)43)3(21,22)7(29,30)11(37,38)15(47,48)53-55(51,52)54-16(49,50)12(39,40)8(31,32)4(23,24)2(19,20)6(27,28)10(35,36)14(44,45)46;1-3(2)4;/h(H,51,52);3H,1-2H3;/q;-1;+2/p-1. The van der Waals surface area contributed by atoms with E-state index in [1.54, 1.807) is 13.8 Å². The van der Waals surface area contributed by atoms with Crippen LogP contribution >= 0.6 is 7.82 Å². The van der Waals surface area contributed by atoms with E-state index in [9.17, 15) is 164 Å². The average molecular weight is 1040 g/mol. The second-order valence-corrected chi connectivity index (χ2v) is 11.9. The molecule has 0 N–H and O–H groups in total. The molecule has 360 valence electrons. The summed E-state index contributed by atoms with van der Waals surface area (Å²) in [7, 11) is -9.69. The molecule has 5 nitrogen and oxygen atoms in total. The molecular formula is C19H7F34O5PTi. The molecule has 0 aliphatic carbocycles. The minimum atomic E-state index is -9.69. The fourth-order valence-corrected chi connectivity index (χ4v) is 3.54. The van der Waals surface area contributed by atoms with Crippen molar-refractivity contribution in [1.82, 2.24) is 0 Å². The van der Waals surface area contributed by atoms with E-state index in [1.807, 2.05) is 0 Å². The van der Waals surface area contributed by atoms with Crippen molar-refractivity contribution in [3.8, 4) is 0 Å². The summed E-state index contributed by atoms with van der Waals surface area (Å²) in [5.74, 6) is -112. The maximum Gasteiger partial charge on any atom is 2.00 e. The van der Waals surface area contributed by atoms with Gasteiger partial charge in [-0.1, -0.05) is 13.8 Å². The van der Waals surface area contributed by atoms with Crippen molar-refractivity contribution in [2.24, 2.45) is 0 Å². The second kappa shape index (κ2) is 16.4. The van der Waals surface area contributed by atoms with Crippen LogP contribution in [0.1, 0.15) is 13.8 Å². The van der Waals surface area contributed by atoms with E-state index in [0.717, 1.165) is 9.05 Å². The van der Waals surface area contributed by atoms with Crippen LogP contribution in [-0.2, 0) is 35.3 Å². The first kappa shape index (κ1) is 62.7. The molecule has 0 saturated carbocycles. The van der Waals surface area contributed by atoms with Crippen LogP contribution in [0.2, 0.25) is 0 Å². The SMILES string of the molecule is CC(C)[O-].O=P([O-])(OC(F)(F)C(F)(F)C(F)(F)C(F)(F)C(F)(F)C(F)(F)C(F)(F)C(F)(F)F)OC(F)(F)C(F)(F)C(F)(F)C(F)(F)C(F)(F)C(F)(F)C(F)(F)C(F)(F)F.[Ti+2]. The molecule has 0 atom stereocenters. The molecule has 0 aliphatic rings. The van der Waals surface area contributed by atoms with Crippen LogP contribution in [0.25, 0.3) is 0 Å². The summed E-state index contributed by atoms with van der Waals surface area (Å²) in [6, 6.07) is 0. The van der Waals surface area contributed by atoms with Gasteiger partial charge in [0.1, 0.15) is 0 Å². The van der Waals surface area contributed by atoms with Crippen molar-refractivity contribution >= 4 is 7.82 Å². The van der Waals surface area contributed by atoms with Gasteiger partial charge in [-0.05, 0) is 0 Å². The fourth-order valence-electron chi connectivity index (χ4n) is 2.71. The van der Waals surface area contributed by atoms with Crippen molar-refractivity contribution in [3.05, 3.63) is 0 Å². The van der Waals surface area contributed by atoms with E-state index in [4.69, 9.17) is 0 Å². The molecule has 0 aromatic carbocycles. The average Bonchev–Trinajstić information content (AvgIpc) is 2.93. The van der Waals surface area contributed by atoms with Crippen LogP contribution in [0.3, 0.4) is 0 Å². The zero-order chi connectivity index (χ0) is 49.5. The molecular weight excluding hydrogens is 1030 g/mol. The van der Waals surface area contributed by atoms with Crippen LogP contribution in [0, 0.1) is 0 Å². The second-order valence-electron chi connectivity index (χ2n) is 10.6. The summed E-state index contributed by atoms with van der Waals surface area (Å²) < 4.78 is 459. The summed E-state index contributed by atoms with van der Waals surface area (Å²) in [4.78, 5) is 11.0. The van der Waals surface area contributed by atoms with E-state index in [-0.39, 0.29) is 21.7 Å². The van der Waals surface area contributed by atoms with Gasteiger partial charge < -0.3 is 10.00 Å². The van der Waals surface area contributed by atoms with Crippen molar-refractivity contribution < 1.29 is 195 Å². The first-order valence-electron chi connectivity index (χ1n) is 12.5. The number of hydrogen-bond donors (Lipinski definition) is 0. The van der Waals surface area contributed by atoms with E-state index < -0.39 is 110 Å². The summed E-state index contributed by atoms with van der Waals surface area (Å²) in [6.07, 6.45) is -35.0. The number of rotatable bonds is 16. The van der Waals surface area contributed by atoms with Gasteiger partial charge in [-0.15, -0.1) is 6.10 Å². The molecule has 0 radical (unpaired) electrons. The Morgan fingerprint density at radius 2 is 0.450 bits per heavy atom. The fraction of sp³-hybridized carbons (Fsp3) is 1.00. The molecule has 41 heteroatoms. The molecule has 0 aromatic heterocycles. The Kier molecular flexibility index (Phi) is 17.2. The van der Waals surface area contributed by atoms with Crippen LogP contribution in [-0.4, -0.2) is 102 Å². The minimum absolute atomic E-state index is 0. The topological polar surface area (TPSA) is 81.7 Å². The van der Waals surface area contributed by atoms with E-state index in [1.165, 1.54) is 0 Å². The van der Waals surface area contributed by atoms with E-state index in [2.05, 4.69) is 0 Å². The van der Waals surface area contributed by atoms with Gasteiger partial charge >= 0.3 is 117 Å². The maximum absolute atomic E-state index is 13.6. The summed E-state index contributed by atoms with van der Waals surface area (Å²) >= 11 is 0. The Morgan fingerprint density at radius 3 is 0.583 bits per heavy atom. The monoisotopic (exact) mass is 1040 g/mol. The largest absolute Gasteiger partial charge is 2.00 e. The normalized spacial score (nSPS) is 16.4. The molecule has 60 heavy (non-hydrogen) atoms. The predicted octanol–water partition coefficient (Wildman–Crippen LogP) is 10.2. The van der Waals surface area contributed by atoms with Gasteiger partial charge in [0.25, 0.3) is 7.82 Å². The van der Waals surface area contributed by atoms with Crippen molar-refractivity contribution in [2.75, 3.05) is 0 Å². The quantitative estimate of drug-likeness (QED) is 0.0874. The third-order valence-corrected chi connectivity index (χ3v) is 6.75. The first-order chi connectivity index (χ1) is 24.6. The molecule has 0 rings (SSSR count). The van der Waals surface area contributed by atoms with Gasteiger partial charge in [0.15, 0.2) is 0 Å². The van der Waals surface area contributed by atoms with E-state index in [0.29, 0.717) is 0 Å². The Hall–Kier alpha value is -1.60. The zero-order valence-electron chi connectivity index (χ0n) is 26.4. The van der Waals surface area contributed by atoms with Gasteiger partial charge in [0, 0.05) is 0 Å². The van der Waals surface area contributed by atoms with Crippen molar-refractivity contribution in [3.63, 3.8) is 0 Å². The summed E-state index contributed by atoms with van der Waals surface area (Å²) in [6.45, 7) is 3.22. The van der Waals surface area contributed by atoms with Gasteiger partial charge in [-0.3, -0.25) is 4.57 Å². The molecule has 0 heterocycles. The molecule has 0 aliphatic heterocycles. The Bertz CT molecular complexity index is 1410. The molecule has 0 amide bonds. The maximum atomic E-state index is 13.6. The van der Waals surface area contributed by atoms with Crippen LogP contribution in [0.5, 0.6) is 0 Å². The van der Waals surface area contributed by atoms with Gasteiger partial charge in [-0.2, -0.15) is 149 Å². The van der Waals surface area contributed by atoms with Crippen LogP contribution in [0.4, 0.5) is 149 Å². The Labute approximate surface area is 318 Å². The summed E-state index contributed by atoms with van der Waals surface area (Å²) in [5.41, 5.74) is 0. The number of alkyl halides is 34. The number of phosphoric acid groups is 1. The zero-order valence-corrected chi connectivity index (χ0v) is 28.9. The smallest absolute Gasteiger partial charge is 0.852 e. The minimum Gasteiger partial charge on any atom is -0.852 e. The third kappa shape index (κ3) is 9.31. The van der Waals surface area contributed by atoms with Gasteiger partial charge in [0.2, 0.25) is 0 Å². The van der Waals surface area contributed by atoms with Crippen LogP contribution in [0.15, 0.2) is 0 Å². The molecule has 0 saturated heterocycles. The van der Waals surface area contributed by atoms with Gasteiger partial charge in [0.05, 0.1) is 0 Å². The molecule has 0 spiro atoms. The predicted molar refractivity (Wildman–Crippen MR) is 106 cm³/mol. The van der Waals surface area contributed by atoms with Gasteiger partial charge in [-0.25, -0.2) is 9.05 Å². The molecule has 0 fully saturated rings. The van der Waals surface area contributed by atoms with Crippen LogP contribution < -0.4 is 10.00 Å². The molecule has 0 unspecified atom stereocenters. The van der Waals surface area contributed by atoms with E-state index >= 15 is 0 Å². The Morgan fingerprint density at radius 1 is 0.333 bits per heavy atom. The summed E-state index contributed by atoms with van der Waals surface area (Å²) in [5, 5.41) is 9.53. The van der Waals surface area contributed by atoms with Crippen molar-refractivity contribution in [1.29, 1.82) is 0 Å². The van der Waals surface area contributed by atoms with Crippen molar-refractivity contribution in [2.45, 2.75) is 116 Å². The molecule has 0 aromatic rings. The number of halogens is 34. The first-order valence-corrected chi connectivity index (χ1v) is 13.9. The number of hydrogen-bond acceptors (Lipinski definition) is 5. The Balaban J connectivity index is -0.00000619. The molecule has 0 bridgehead atoms. The number of phosphoric ester groups is 1.